The van der Waals surface area contributed by atoms with Crippen molar-refractivity contribution >= 4 is 82.0 Å². The number of carbonyl (C=O) groups is 11. The summed E-state index contributed by atoms with van der Waals surface area (Å²) in [5.41, 5.74) is 24.5. The van der Waals surface area contributed by atoms with E-state index in [4.69, 9.17) is 22.6 Å². The number of rotatable bonds is 30. The number of urea groups is 1. The smallest absolute Gasteiger partial charge is 0.334 e. The van der Waals surface area contributed by atoms with Crippen LogP contribution in [0.5, 0.6) is 5.75 Å². The molecule has 10 atom stereocenters. The first-order chi connectivity index (χ1) is 41.7. The number of guanidine groups is 1. The zero-order valence-electron chi connectivity index (χ0n) is 49.6. The van der Waals surface area contributed by atoms with Crippen molar-refractivity contribution in [2.24, 2.45) is 23.1 Å². The number of aromatic hydroxyl groups is 1. The summed E-state index contributed by atoms with van der Waals surface area (Å²) in [6.45, 7) is 5.93. The SMILES string of the molecule is CNC(=N)NCCC[C@H](NC(=O)[C@H](CC(C)C)NC(=O)NNC(=O)[C@H](Cc1ccccc1)NC(=O)[C@@H](NC(=O)[C@H](CC(N)=O)NC(=O)[C@@H]1C[C@H](N)CN1C(=O)[C@@H](Cc1ccc(O)cc1)NC(C)=O)[C@@H](C)O)C(=O)N[C@@H](Cc1c[nH]c2ccccc12)C(N)=O. The lowest BCUT2D eigenvalue weighted by atomic mass is 10.0. The molecule has 0 spiro atoms. The molecule has 1 aliphatic heterocycles. The molecule has 1 saturated heterocycles. The summed E-state index contributed by atoms with van der Waals surface area (Å²) in [5, 5.41) is 52.4. The fourth-order valence-corrected chi connectivity index (χ4v) is 9.80. The Bertz CT molecular complexity index is 3120. The van der Waals surface area contributed by atoms with Crippen molar-refractivity contribution in [1.82, 2.24) is 68.6 Å². The molecule has 3 aromatic carbocycles. The van der Waals surface area contributed by atoms with Gasteiger partial charge in [0.25, 0.3) is 5.91 Å². The number of phenolic OH excluding ortho intramolecular Hbond substituents is 1. The number of aromatic nitrogens is 1. The first-order valence-corrected chi connectivity index (χ1v) is 28.6. The van der Waals surface area contributed by atoms with Gasteiger partial charge in [-0.15, -0.1) is 0 Å². The predicted octanol–water partition coefficient (Wildman–Crippen LogP) is -3.23. The minimum absolute atomic E-state index is 0.00204. The second-order valence-electron chi connectivity index (χ2n) is 21.9. The number of hydrogen-bond acceptors (Lipinski definition) is 15. The van der Waals surface area contributed by atoms with Crippen molar-refractivity contribution in [3.63, 3.8) is 0 Å². The molecule has 0 aliphatic carbocycles. The maximum absolute atomic E-state index is 14.1. The number of aliphatic hydroxyl groups is 1. The second kappa shape index (κ2) is 33.2. The summed E-state index contributed by atoms with van der Waals surface area (Å²) < 4.78 is 0. The van der Waals surface area contributed by atoms with Gasteiger partial charge in [0.2, 0.25) is 53.2 Å². The van der Waals surface area contributed by atoms with Crippen LogP contribution in [-0.2, 0) is 67.2 Å². The van der Waals surface area contributed by atoms with E-state index in [-0.39, 0.29) is 75.7 Å². The van der Waals surface area contributed by atoms with Gasteiger partial charge in [-0.2, -0.15) is 0 Å². The Labute approximate surface area is 507 Å². The summed E-state index contributed by atoms with van der Waals surface area (Å²) in [5.74, 6) is -9.31. The fourth-order valence-electron chi connectivity index (χ4n) is 9.80. The molecule has 0 unspecified atom stereocenters. The Morgan fingerprint density at radius 1 is 0.682 bits per heavy atom. The third kappa shape index (κ3) is 21.3. The van der Waals surface area contributed by atoms with Crippen LogP contribution >= 0.6 is 0 Å². The number of primary amides is 2. The molecular formula is C58H81N17O13. The number of nitrogens with zero attached hydrogens (tertiary/aromatic N) is 1. The summed E-state index contributed by atoms with van der Waals surface area (Å²) in [7, 11) is 1.54. The monoisotopic (exact) mass is 1220 g/mol. The van der Waals surface area contributed by atoms with Gasteiger partial charge >= 0.3 is 6.03 Å². The highest BCUT2D eigenvalue weighted by atomic mass is 16.3. The van der Waals surface area contributed by atoms with Gasteiger partial charge in [0.15, 0.2) is 5.96 Å². The van der Waals surface area contributed by atoms with Crippen LogP contribution in [0.1, 0.15) is 76.5 Å². The number of phenols is 1. The third-order valence-electron chi connectivity index (χ3n) is 14.2. The molecule has 2 heterocycles. The van der Waals surface area contributed by atoms with Crippen molar-refractivity contribution in [3.8, 4) is 5.75 Å². The molecule has 1 fully saturated rings. The number of likely N-dealkylation sites (tertiary alicyclic amines) is 1. The standard InChI is InChI=1S/C58H81N17O13/c1-30(2)22-42(51(82)67-40(16-11-21-64-57(62)63-5)50(81)68-41(49(61)80)25-35-28-65-39-15-10-9-14-38(35)39)71-58(88)74-73-53(84)43(23-33-12-7-6-8-13-33)70-55(86)48(31(3)76)72-52(83)44(27-47(60)79)69-54(85)46-26-36(59)29-75(46)56(87)45(66-32(4)77)24-34-17-19-37(78)20-18-34/h6-10,12-15,17-20,28,30-31,36,40-46,48,65,76,78H,11,16,21-27,29,59H2,1-5H3,(H2,60,79)(H2,61,80)(H,66,77)(H,67,82)(H,68,81)(H,69,85)(H,70,86)(H,72,83)(H,73,84)(H3,62,63,64)(H2,71,74,88)/t31-,36+,40+,41+,42+,43+,44+,45-,46+,48+/m1/s1. The first-order valence-electron chi connectivity index (χ1n) is 28.6. The van der Waals surface area contributed by atoms with Gasteiger partial charge in [-0.05, 0) is 73.4 Å². The van der Waals surface area contributed by atoms with E-state index in [1.807, 2.05) is 24.3 Å². The first kappa shape index (κ1) is 68.9. The Morgan fingerprint density at radius 3 is 1.93 bits per heavy atom. The molecule has 88 heavy (non-hydrogen) atoms. The highest BCUT2D eigenvalue weighted by Crippen LogP contribution is 2.22. The molecule has 1 aromatic heterocycles. The number of nitrogens with one attached hydrogen (secondary N) is 13. The van der Waals surface area contributed by atoms with Crippen LogP contribution in [0, 0.1) is 11.3 Å². The van der Waals surface area contributed by atoms with Crippen LogP contribution < -0.4 is 75.9 Å². The molecule has 21 N–H and O–H groups in total. The van der Waals surface area contributed by atoms with Gasteiger partial charge in [-0.3, -0.25) is 58.8 Å². The van der Waals surface area contributed by atoms with E-state index >= 15 is 0 Å². The third-order valence-corrected chi connectivity index (χ3v) is 14.2. The van der Waals surface area contributed by atoms with Gasteiger partial charge in [0, 0.05) is 69.5 Å². The average molecular weight is 1220 g/mol. The normalized spacial score (nSPS) is 16.3. The Hall–Kier alpha value is -9.84. The van der Waals surface area contributed by atoms with E-state index in [0.717, 1.165) is 22.7 Å². The topological polar surface area (TPSA) is 481 Å². The molecular weight excluding hydrogens is 1140 g/mol. The summed E-state index contributed by atoms with van der Waals surface area (Å²) in [6, 6.07) is 8.06. The minimum Gasteiger partial charge on any atom is -0.508 e. The highest BCUT2D eigenvalue weighted by molar-refractivity contribution is 5.99. The minimum atomic E-state index is -1.88. The van der Waals surface area contributed by atoms with Gasteiger partial charge in [0.05, 0.1) is 12.5 Å². The largest absolute Gasteiger partial charge is 0.508 e. The number of para-hydroxylation sites is 1. The number of hydrogen-bond donors (Lipinski definition) is 18. The molecule has 12 amide bonds. The van der Waals surface area contributed by atoms with Crippen molar-refractivity contribution in [1.29, 1.82) is 5.41 Å². The van der Waals surface area contributed by atoms with Crippen LogP contribution in [-0.4, -0.2) is 172 Å². The summed E-state index contributed by atoms with van der Waals surface area (Å²) >= 11 is 0. The number of H-pyrrole nitrogens is 1. The average Bonchev–Trinajstić information content (AvgIpc) is 2.76. The number of benzene rings is 3. The Kier molecular flexibility index (Phi) is 26.0. The van der Waals surface area contributed by atoms with Crippen molar-refractivity contribution < 1.29 is 63.0 Å². The summed E-state index contributed by atoms with van der Waals surface area (Å²) in [6.07, 6.45) is -0.928. The van der Waals surface area contributed by atoms with Gasteiger partial charge in [0.1, 0.15) is 54.1 Å². The number of hydrazine groups is 1. The van der Waals surface area contributed by atoms with Crippen molar-refractivity contribution in [2.75, 3.05) is 20.1 Å². The van der Waals surface area contributed by atoms with E-state index < -0.39 is 132 Å². The lowest BCUT2D eigenvalue weighted by Gasteiger charge is -2.30. The number of carbonyl (C=O) groups excluding carboxylic acids is 11. The van der Waals surface area contributed by atoms with E-state index in [1.165, 1.54) is 19.1 Å². The molecule has 1 aliphatic rings. The number of aliphatic hydroxyl groups excluding tert-OH is 1. The Balaban J connectivity index is 1.27. The Morgan fingerprint density at radius 2 is 1.30 bits per heavy atom. The van der Waals surface area contributed by atoms with Gasteiger partial charge in [-0.1, -0.05) is 74.5 Å². The summed E-state index contributed by atoms with van der Waals surface area (Å²) in [4.78, 5) is 154. The van der Waals surface area contributed by atoms with Crippen molar-refractivity contribution in [2.45, 2.75) is 140 Å². The number of nitrogens with two attached hydrogens (primary N) is 3. The highest BCUT2D eigenvalue weighted by Gasteiger charge is 2.43. The molecule has 4 aromatic rings. The lowest BCUT2D eigenvalue weighted by Crippen LogP contribution is -2.62. The van der Waals surface area contributed by atoms with E-state index in [1.54, 1.807) is 69.6 Å². The van der Waals surface area contributed by atoms with E-state index in [9.17, 15) is 63.0 Å². The van der Waals surface area contributed by atoms with Gasteiger partial charge < -0.3 is 85.1 Å². The molecule has 0 radical (unpaired) electrons. The maximum atomic E-state index is 14.1. The van der Waals surface area contributed by atoms with Crippen LogP contribution in [0.3, 0.4) is 0 Å². The van der Waals surface area contributed by atoms with Crippen LogP contribution in [0.4, 0.5) is 4.79 Å². The second-order valence-corrected chi connectivity index (χ2v) is 21.9. The predicted molar refractivity (Wildman–Crippen MR) is 321 cm³/mol. The van der Waals surface area contributed by atoms with Crippen LogP contribution in [0.25, 0.3) is 10.9 Å². The van der Waals surface area contributed by atoms with Crippen molar-refractivity contribution in [3.05, 3.63) is 102 Å². The van der Waals surface area contributed by atoms with Crippen LogP contribution in [0.15, 0.2) is 85.1 Å². The molecule has 5 rings (SSSR count). The number of amides is 12. The number of fused-ring (bicyclic) bond motifs is 1. The molecule has 476 valence electrons. The maximum Gasteiger partial charge on any atom is 0.334 e. The molecule has 30 heteroatoms. The molecule has 0 saturated carbocycles. The van der Waals surface area contributed by atoms with E-state index in [2.05, 4.69) is 63.7 Å². The lowest BCUT2D eigenvalue weighted by molar-refractivity contribution is -0.142. The fraction of sp³-hybridized carbons (Fsp3) is 0.448. The quantitative estimate of drug-likeness (QED) is 0.0106. The van der Waals surface area contributed by atoms with E-state index in [0.29, 0.717) is 16.7 Å². The molecule has 0 bridgehead atoms. The zero-order valence-corrected chi connectivity index (χ0v) is 49.6. The van der Waals surface area contributed by atoms with Gasteiger partial charge in [-0.25, -0.2) is 10.2 Å². The zero-order chi connectivity index (χ0) is 64.8. The number of aromatic amines is 1. The van der Waals surface area contributed by atoms with Crippen LogP contribution in [0.2, 0.25) is 0 Å². The molecule has 30 nitrogen and oxygen atoms in total.